The van der Waals surface area contributed by atoms with E-state index in [1.807, 2.05) is 0 Å². The van der Waals surface area contributed by atoms with E-state index in [9.17, 15) is 9.18 Å². The molecule has 0 atom stereocenters. The predicted molar refractivity (Wildman–Crippen MR) is 59.6 cm³/mol. The van der Waals surface area contributed by atoms with E-state index in [4.69, 9.17) is 4.74 Å². The number of esters is 1. The average molecular weight is 235 g/mol. The van der Waals surface area contributed by atoms with Gasteiger partial charge in [-0.15, -0.1) is 0 Å². The largest absolute Gasteiger partial charge is 0.496 e. The van der Waals surface area contributed by atoms with Crippen LogP contribution in [0.1, 0.15) is 10.5 Å². The number of hydrogen-bond donors (Lipinski definition) is 0. The van der Waals surface area contributed by atoms with Crippen LogP contribution < -0.4 is 4.74 Å². The van der Waals surface area contributed by atoms with Gasteiger partial charge in [0.25, 0.3) is 0 Å². The van der Waals surface area contributed by atoms with E-state index >= 15 is 0 Å². The molecule has 0 aliphatic heterocycles. The zero-order chi connectivity index (χ0) is 12.4. The van der Waals surface area contributed by atoms with Gasteiger partial charge in [-0.05, 0) is 18.2 Å². The molecule has 0 spiro atoms. The van der Waals surface area contributed by atoms with Crippen molar-refractivity contribution in [1.29, 1.82) is 0 Å². The van der Waals surface area contributed by atoms with E-state index in [0.29, 0.717) is 16.7 Å². The topological polar surface area (TPSA) is 48.4 Å². The molecular weight excluding hydrogens is 225 g/mol. The zero-order valence-corrected chi connectivity index (χ0v) is 9.36. The maximum atomic E-state index is 13.1. The highest BCUT2D eigenvalue weighted by atomic mass is 19.1. The second kappa shape index (κ2) is 4.37. The first kappa shape index (κ1) is 11.3. The molecule has 0 amide bonds. The van der Waals surface area contributed by atoms with E-state index in [-0.39, 0.29) is 11.5 Å². The van der Waals surface area contributed by atoms with Crippen molar-refractivity contribution in [3.05, 3.63) is 35.8 Å². The molecule has 0 aliphatic carbocycles. The molecule has 0 unspecified atom stereocenters. The second-order valence-electron chi connectivity index (χ2n) is 3.36. The Hall–Kier alpha value is -2.17. The lowest BCUT2D eigenvalue weighted by Gasteiger charge is -2.07. The van der Waals surface area contributed by atoms with E-state index in [1.54, 1.807) is 0 Å². The second-order valence-corrected chi connectivity index (χ2v) is 3.36. The Morgan fingerprint density at radius 3 is 2.71 bits per heavy atom. The highest BCUT2D eigenvalue weighted by Crippen LogP contribution is 2.26. The number of aromatic nitrogens is 1. The predicted octanol–water partition coefficient (Wildman–Crippen LogP) is 2.17. The lowest BCUT2D eigenvalue weighted by molar-refractivity contribution is 0.0594. The van der Waals surface area contributed by atoms with Crippen LogP contribution in [0.4, 0.5) is 4.39 Å². The Labute approximate surface area is 97.0 Å². The normalized spacial score (nSPS) is 10.3. The number of carbonyl (C=O) groups is 1. The Bertz CT molecular complexity index is 583. The van der Waals surface area contributed by atoms with Gasteiger partial charge in [-0.3, -0.25) is 0 Å². The number of ether oxygens (including phenoxy) is 2. The molecule has 1 heterocycles. The number of rotatable bonds is 2. The SMILES string of the molecule is COC(=O)c1cc(OC)c2cc(F)ccc2n1. The van der Waals surface area contributed by atoms with Gasteiger partial charge in [-0.25, -0.2) is 14.2 Å². The van der Waals surface area contributed by atoms with Crippen LogP contribution in [-0.4, -0.2) is 25.2 Å². The molecule has 0 aliphatic rings. The van der Waals surface area contributed by atoms with Gasteiger partial charge in [-0.1, -0.05) is 0 Å². The van der Waals surface area contributed by atoms with Crippen molar-refractivity contribution >= 4 is 16.9 Å². The van der Waals surface area contributed by atoms with E-state index in [0.717, 1.165) is 0 Å². The summed E-state index contributed by atoms with van der Waals surface area (Å²) in [6.07, 6.45) is 0. The average Bonchev–Trinajstić information content (AvgIpc) is 2.36. The maximum absolute atomic E-state index is 13.1. The van der Waals surface area contributed by atoms with Gasteiger partial charge in [0, 0.05) is 11.5 Å². The van der Waals surface area contributed by atoms with Crippen molar-refractivity contribution in [3.8, 4) is 5.75 Å². The summed E-state index contributed by atoms with van der Waals surface area (Å²) in [4.78, 5) is 15.5. The number of benzene rings is 1. The molecule has 0 N–H and O–H groups in total. The molecular formula is C12H10FNO3. The summed E-state index contributed by atoms with van der Waals surface area (Å²) in [5.74, 6) is -0.562. The van der Waals surface area contributed by atoms with Crippen molar-refractivity contribution in [2.75, 3.05) is 14.2 Å². The fraction of sp³-hybridized carbons (Fsp3) is 0.167. The van der Waals surface area contributed by atoms with Gasteiger partial charge in [0.15, 0.2) is 5.69 Å². The summed E-state index contributed by atoms with van der Waals surface area (Å²) in [6.45, 7) is 0. The van der Waals surface area contributed by atoms with E-state index in [2.05, 4.69) is 9.72 Å². The van der Waals surface area contributed by atoms with Crippen LogP contribution >= 0.6 is 0 Å². The Kier molecular flexibility index (Phi) is 2.91. The molecule has 2 rings (SSSR count). The first-order valence-electron chi connectivity index (χ1n) is 4.88. The minimum absolute atomic E-state index is 0.128. The van der Waals surface area contributed by atoms with E-state index in [1.165, 1.54) is 38.5 Å². The van der Waals surface area contributed by atoms with Crippen molar-refractivity contribution in [2.45, 2.75) is 0 Å². The van der Waals surface area contributed by atoms with Crippen LogP contribution in [0, 0.1) is 5.82 Å². The third-order valence-electron chi connectivity index (χ3n) is 2.35. The fourth-order valence-electron chi connectivity index (χ4n) is 1.55. The maximum Gasteiger partial charge on any atom is 0.356 e. The zero-order valence-electron chi connectivity index (χ0n) is 9.36. The number of carbonyl (C=O) groups excluding carboxylic acids is 1. The number of methoxy groups -OCH3 is 2. The van der Waals surface area contributed by atoms with Crippen molar-refractivity contribution in [2.24, 2.45) is 0 Å². The molecule has 0 bridgehead atoms. The standard InChI is InChI=1S/C12H10FNO3/c1-16-11-6-10(12(15)17-2)14-9-4-3-7(13)5-8(9)11/h3-6H,1-2H3. The van der Waals surface area contributed by atoms with Gasteiger partial charge in [0.05, 0.1) is 19.7 Å². The molecule has 88 valence electrons. The van der Waals surface area contributed by atoms with Crippen LogP contribution in [0.5, 0.6) is 5.75 Å². The van der Waals surface area contributed by atoms with Crippen LogP contribution in [0.3, 0.4) is 0 Å². The highest BCUT2D eigenvalue weighted by Gasteiger charge is 2.13. The highest BCUT2D eigenvalue weighted by molar-refractivity contribution is 5.94. The molecule has 0 radical (unpaired) electrons. The summed E-state index contributed by atoms with van der Waals surface area (Å²) in [7, 11) is 2.71. The Balaban J connectivity index is 2.70. The van der Waals surface area contributed by atoms with Gasteiger partial charge in [-0.2, -0.15) is 0 Å². The third-order valence-corrected chi connectivity index (χ3v) is 2.35. The van der Waals surface area contributed by atoms with Gasteiger partial charge in [0.1, 0.15) is 11.6 Å². The number of nitrogens with zero attached hydrogens (tertiary/aromatic N) is 1. The van der Waals surface area contributed by atoms with Crippen molar-refractivity contribution in [1.82, 2.24) is 4.98 Å². The molecule has 4 nitrogen and oxygen atoms in total. The minimum Gasteiger partial charge on any atom is -0.496 e. The number of hydrogen-bond acceptors (Lipinski definition) is 4. The Morgan fingerprint density at radius 1 is 1.29 bits per heavy atom. The van der Waals surface area contributed by atoms with Crippen LogP contribution in [-0.2, 0) is 4.74 Å². The van der Waals surface area contributed by atoms with Crippen LogP contribution in [0.15, 0.2) is 24.3 Å². The molecule has 2 aromatic rings. The molecule has 0 saturated heterocycles. The third kappa shape index (κ3) is 2.04. The lowest BCUT2D eigenvalue weighted by Crippen LogP contribution is -2.05. The molecule has 1 aromatic carbocycles. The molecule has 5 heteroatoms. The number of fused-ring (bicyclic) bond motifs is 1. The van der Waals surface area contributed by atoms with Crippen LogP contribution in [0.2, 0.25) is 0 Å². The lowest BCUT2D eigenvalue weighted by atomic mass is 10.1. The summed E-state index contributed by atoms with van der Waals surface area (Å²) >= 11 is 0. The number of pyridine rings is 1. The smallest absolute Gasteiger partial charge is 0.356 e. The molecule has 17 heavy (non-hydrogen) atoms. The summed E-state index contributed by atoms with van der Waals surface area (Å²) in [5.41, 5.74) is 0.606. The first-order chi connectivity index (χ1) is 8.15. The van der Waals surface area contributed by atoms with E-state index < -0.39 is 5.97 Å². The van der Waals surface area contributed by atoms with Crippen molar-refractivity contribution < 1.29 is 18.7 Å². The number of halogens is 1. The molecule has 0 fully saturated rings. The minimum atomic E-state index is -0.561. The van der Waals surface area contributed by atoms with Gasteiger partial charge < -0.3 is 9.47 Å². The first-order valence-corrected chi connectivity index (χ1v) is 4.88. The van der Waals surface area contributed by atoms with Gasteiger partial charge >= 0.3 is 5.97 Å². The van der Waals surface area contributed by atoms with Crippen LogP contribution in [0.25, 0.3) is 10.9 Å². The molecule has 1 aromatic heterocycles. The summed E-state index contributed by atoms with van der Waals surface area (Å²) in [5, 5.41) is 0.514. The van der Waals surface area contributed by atoms with Crippen molar-refractivity contribution in [3.63, 3.8) is 0 Å². The molecule has 0 saturated carbocycles. The summed E-state index contributed by atoms with van der Waals surface area (Å²) < 4.78 is 22.8. The monoisotopic (exact) mass is 235 g/mol. The Morgan fingerprint density at radius 2 is 2.06 bits per heavy atom. The summed E-state index contributed by atoms with van der Waals surface area (Å²) in [6, 6.07) is 5.49. The van der Waals surface area contributed by atoms with Gasteiger partial charge in [0.2, 0.25) is 0 Å². The fourth-order valence-corrected chi connectivity index (χ4v) is 1.55. The quantitative estimate of drug-likeness (QED) is 0.748.